The standard InChI is InChI=1S/C22H22ClN7O4/c1-22(2,32)21-26-19(34-27-21)16-18-20(31)29(6-5-28-7-9-33-10-8-28)17-13(11-24)14(23)3-4-15(17)30(18)12-25-16/h3-4,12,32H,5-10H2,1-2H3. The number of ether oxygens (including phenoxy) is 1. The molecule has 4 heterocycles. The van der Waals surface area contributed by atoms with E-state index in [9.17, 15) is 15.2 Å². The lowest BCUT2D eigenvalue weighted by molar-refractivity contribution is 0.0364. The molecule has 176 valence electrons. The van der Waals surface area contributed by atoms with E-state index in [0.29, 0.717) is 37.3 Å². The predicted octanol–water partition coefficient (Wildman–Crippen LogP) is 1.78. The molecule has 4 aromatic rings. The molecule has 0 bridgehead atoms. The highest BCUT2D eigenvalue weighted by atomic mass is 35.5. The Morgan fingerprint density at radius 3 is 2.68 bits per heavy atom. The summed E-state index contributed by atoms with van der Waals surface area (Å²) in [6.07, 6.45) is 1.48. The molecule has 1 aromatic carbocycles. The third-order valence-corrected chi connectivity index (χ3v) is 6.20. The summed E-state index contributed by atoms with van der Waals surface area (Å²) in [4.78, 5) is 24.6. The fourth-order valence-electron chi connectivity index (χ4n) is 4.10. The van der Waals surface area contributed by atoms with E-state index in [1.807, 2.05) is 0 Å². The number of imidazole rings is 1. The third kappa shape index (κ3) is 3.74. The van der Waals surface area contributed by atoms with Gasteiger partial charge < -0.3 is 18.9 Å². The summed E-state index contributed by atoms with van der Waals surface area (Å²) in [7, 11) is 0. The van der Waals surface area contributed by atoms with Crippen molar-refractivity contribution < 1.29 is 14.4 Å². The van der Waals surface area contributed by atoms with Crippen LogP contribution < -0.4 is 5.56 Å². The van der Waals surface area contributed by atoms with Crippen molar-refractivity contribution in [3.63, 3.8) is 0 Å². The lowest BCUT2D eigenvalue weighted by atomic mass is 10.1. The highest BCUT2D eigenvalue weighted by Crippen LogP contribution is 2.29. The molecule has 0 spiro atoms. The van der Waals surface area contributed by atoms with Gasteiger partial charge in [0, 0.05) is 26.2 Å². The number of halogens is 1. The second-order valence-corrected chi connectivity index (χ2v) is 9.01. The number of rotatable bonds is 5. The van der Waals surface area contributed by atoms with Crippen LogP contribution in [0.2, 0.25) is 5.02 Å². The third-order valence-electron chi connectivity index (χ3n) is 5.88. The Morgan fingerprint density at radius 2 is 2.00 bits per heavy atom. The molecule has 0 saturated carbocycles. The average Bonchev–Trinajstić information content (AvgIpc) is 3.47. The maximum atomic E-state index is 13.8. The largest absolute Gasteiger partial charge is 0.382 e. The lowest BCUT2D eigenvalue weighted by Gasteiger charge is -2.27. The molecule has 34 heavy (non-hydrogen) atoms. The van der Waals surface area contributed by atoms with Gasteiger partial charge in [0.15, 0.2) is 5.69 Å². The van der Waals surface area contributed by atoms with Crippen LogP contribution in [0.3, 0.4) is 0 Å². The second-order valence-electron chi connectivity index (χ2n) is 8.61. The Morgan fingerprint density at radius 1 is 1.24 bits per heavy atom. The minimum Gasteiger partial charge on any atom is -0.382 e. The summed E-state index contributed by atoms with van der Waals surface area (Å²) in [5.41, 5.74) is -0.00516. The minimum atomic E-state index is -1.32. The van der Waals surface area contributed by atoms with Crippen LogP contribution in [0.1, 0.15) is 25.2 Å². The van der Waals surface area contributed by atoms with Crippen LogP contribution in [0.4, 0.5) is 0 Å². The lowest BCUT2D eigenvalue weighted by Crippen LogP contribution is -2.39. The molecule has 0 atom stereocenters. The first-order valence-corrected chi connectivity index (χ1v) is 11.2. The molecule has 0 radical (unpaired) electrons. The van der Waals surface area contributed by atoms with Crippen LogP contribution in [0.5, 0.6) is 0 Å². The van der Waals surface area contributed by atoms with Gasteiger partial charge in [-0.15, -0.1) is 0 Å². The van der Waals surface area contributed by atoms with Crippen molar-refractivity contribution in [1.82, 2.24) is 29.0 Å². The van der Waals surface area contributed by atoms with Crippen molar-refractivity contribution in [3.05, 3.63) is 45.2 Å². The maximum Gasteiger partial charge on any atom is 0.279 e. The Balaban J connectivity index is 1.73. The van der Waals surface area contributed by atoms with Crippen molar-refractivity contribution in [1.29, 1.82) is 5.26 Å². The van der Waals surface area contributed by atoms with Crippen molar-refractivity contribution in [2.75, 3.05) is 32.8 Å². The van der Waals surface area contributed by atoms with Gasteiger partial charge in [0.1, 0.15) is 23.5 Å². The van der Waals surface area contributed by atoms with Gasteiger partial charge in [-0.05, 0) is 26.0 Å². The Bertz CT molecular complexity index is 1490. The molecule has 3 aromatic heterocycles. The molecule has 12 heteroatoms. The van der Waals surface area contributed by atoms with E-state index in [1.165, 1.54) is 20.2 Å². The summed E-state index contributed by atoms with van der Waals surface area (Å²) in [5, 5.41) is 24.1. The molecule has 0 amide bonds. The Kier molecular flexibility index (Phi) is 5.61. The number of fused-ring (bicyclic) bond motifs is 3. The minimum absolute atomic E-state index is 0.0188. The molecule has 1 aliphatic rings. The highest BCUT2D eigenvalue weighted by Gasteiger charge is 2.27. The number of morpholine rings is 1. The summed E-state index contributed by atoms with van der Waals surface area (Å²) < 4.78 is 13.9. The first-order chi connectivity index (χ1) is 16.3. The van der Waals surface area contributed by atoms with Crippen molar-refractivity contribution in [3.8, 4) is 17.7 Å². The fraction of sp³-hybridized carbons (Fsp3) is 0.409. The van der Waals surface area contributed by atoms with Crippen LogP contribution in [-0.2, 0) is 16.9 Å². The van der Waals surface area contributed by atoms with Crippen LogP contribution >= 0.6 is 11.6 Å². The quantitative estimate of drug-likeness (QED) is 0.450. The highest BCUT2D eigenvalue weighted by molar-refractivity contribution is 6.32. The van der Waals surface area contributed by atoms with Gasteiger partial charge in [0.05, 0.1) is 34.8 Å². The average molecular weight is 484 g/mol. The predicted molar refractivity (Wildman–Crippen MR) is 122 cm³/mol. The molecule has 1 N–H and O–H groups in total. The molecular weight excluding hydrogens is 462 g/mol. The van der Waals surface area contributed by atoms with Gasteiger partial charge in [0.2, 0.25) is 5.82 Å². The number of nitrogens with zero attached hydrogens (tertiary/aromatic N) is 7. The van der Waals surface area contributed by atoms with E-state index in [1.54, 1.807) is 21.1 Å². The number of hydrogen-bond donors (Lipinski definition) is 1. The molecule has 0 unspecified atom stereocenters. The summed E-state index contributed by atoms with van der Waals surface area (Å²) in [5.74, 6) is 0.0981. The van der Waals surface area contributed by atoms with E-state index in [2.05, 4.69) is 26.1 Å². The van der Waals surface area contributed by atoms with E-state index in [0.717, 1.165) is 13.1 Å². The van der Waals surface area contributed by atoms with Crippen molar-refractivity contribution in [2.45, 2.75) is 26.0 Å². The maximum absolute atomic E-state index is 13.8. The number of aliphatic hydroxyl groups is 1. The topological polar surface area (TPSA) is 135 Å². The summed E-state index contributed by atoms with van der Waals surface area (Å²) in [6.45, 7) is 6.80. The second kappa shape index (κ2) is 8.48. The summed E-state index contributed by atoms with van der Waals surface area (Å²) >= 11 is 6.33. The van der Waals surface area contributed by atoms with Gasteiger partial charge in [-0.1, -0.05) is 16.8 Å². The molecule has 1 fully saturated rings. The molecule has 0 aliphatic carbocycles. The number of hydrogen-bond acceptors (Lipinski definition) is 9. The first-order valence-electron chi connectivity index (χ1n) is 10.8. The molecular formula is C22H22ClN7O4. The van der Waals surface area contributed by atoms with Crippen molar-refractivity contribution in [2.24, 2.45) is 0 Å². The Hall–Kier alpha value is -3.30. The van der Waals surface area contributed by atoms with Gasteiger partial charge >= 0.3 is 0 Å². The SMILES string of the molecule is CC(C)(O)c1noc(-c2ncn3c2c(=O)n(CCN2CCOCC2)c2c(C#N)c(Cl)ccc23)n1. The number of aromatic nitrogens is 5. The monoisotopic (exact) mass is 483 g/mol. The fourth-order valence-corrected chi connectivity index (χ4v) is 4.29. The molecule has 11 nitrogen and oxygen atoms in total. The van der Waals surface area contributed by atoms with Gasteiger partial charge in [0.25, 0.3) is 11.4 Å². The number of nitriles is 1. The van der Waals surface area contributed by atoms with E-state index in [4.69, 9.17) is 20.9 Å². The normalized spacial score (nSPS) is 15.3. The zero-order valence-electron chi connectivity index (χ0n) is 18.7. The smallest absolute Gasteiger partial charge is 0.279 e. The molecule has 1 aliphatic heterocycles. The van der Waals surface area contributed by atoms with E-state index < -0.39 is 5.60 Å². The van der Waals surface area contributed by atoms with Crippen LogP contribution in [0, 0.1) is 11.3 Å². The van der Waals surface area contributed by atoms with Crippen LogP contribution in [0.15, 0.2) is 27.8 Å². The van der Waals surface area contributed by atoms with E-state index in [-0.39, 0.29) is 39.1 Å². The summed E-state index contributed by atoms with van der Waals surface area (Å²) in [6, 6.07) is 5.51. The zero-order chi connectivity index (χ0) is 24.0. The number of benzene rings is 1. The molecule has 5 rings (SSSR count). The molecule has 1 saturated heterocycles. The van der Waals surface area contributed by atoms with Crippen LogP contribution in [-0.4, -0.2) is 66.9 Å². The van der Waals surface area contributed by atoms with E-state index >= 15 is 0 Å². The zero-order valence-corrected chi connectivity index (χ0v) is 19.4. The first kappa shape index (κ1) is 22.5. The van der Waals surface area contributed by atoms with Crippen molar-refractivity contribution >= 4 is 28.2 Å². The van der Waals surface area contributed by atoms with Crippen LogP contribution in [0.25, 0.3) is 28.1 Å². The van der Waals surface area contributed by atoms with Gasteiger partial charge in [-0.3, -0.25) is 14.1 Å². The van der Waals surface area contributed by atoms with Gasteiger partial charge in [-0.25, -0.2) is 4.98 Å². The Labute approximate surface area is 198 Å². The van der Waals surface area contributed by atoms with Gasteiger partial charge in [-0.2, -0.15) is 10.2 Å².